The van der Waals surface area contributed by atoms with Gasteiger partial charge in [-0.25, -0.2) is 0 Å². The molecule has 0 fully saturated rings. The van der Waals surface area contributed by atoms with Gasteiger partial charge in [-0.3, -0.25) is 4.79 Å². The fraction of sp³-hybridized carbons (Fsp3) is 0.278. The predicted molar refractivity (Wildman–Crippen MR) is 90.4 cm³/mol. The van der Waals surface area contributed by atoms with E-state index in [1.807, 2.05) is 37.3 Å². The largest absolute Gasteiger partial charge is 0.493 e. The summed E-state index contributed by atoms with van der Waals surface area (Å²) in [6.45, 7) is 2.80. The van der Waals surface area contributed by atoms with Gasteiger partial charge < -0.3 is 10.1 Å². The van der Waals surface area contributed by atoms with Gasteiger partial charge in [0, 0.05) is 22.5 Å². The Bertz CT molecular complexity index is 699. The summed E-state index contributed by atoms with van der Waals surface area (Å²) in [5.74, 6) is 0.952. The predicted octanol–water partition coefficient (Wildman–Crippen LogP) is 3.75. The topological polar surface area (TPSA) is 38.3 Å². The Labute approximate surface area is 138 Å². The van der Waals surface area contributed by atoms with Gasteiger partial charge in [0.1, 0.15) is 5.75 Å². The minimum absolute atomic E-state index is 0.0432. The molecule has 0 aliphatic carbocycles. The molecule has 114 valence electrons. The highest BCUT2D eigenvalue weighted by Crippen LogP contribution is 2.26. The average molecular weight is 360 g/mol. The fourth-order valence-electron chi connectivity index (χ4n) is 2.71. The van der Waals surface area contributed by atoms with Crippen molar-refractivity contribution in [1.82, 2.24) is 5.32 Å². The highest BCUT2D eigenvalue weighted by molar-refractivity contribution is 9.10. The average Bonchev–Trinajstić information content (AvgIpc) is 2.94. The number of amides is 1. The first-order valence-corrected chi connectivity index (χ1v) is 8.22. The van der Waals surface area contributed by atoms with Gasteiger partial charge in [0.15, 0.2) is 0 Å². The maximum atomic E-state index is 12.2. The molecule has 1 heterocycles. The third-order valence-electron chi connectivity index (χ3n) is 3.76. The van der Waals surface area contributed by atoms with Crippen molar-refractivity contribution >= 4 is 21.8 Å². The van der Waals surface area contributed by atoms with Gasteiger partial charge in [0.05, 0.1) is 6.61 Å². The quantitative estimate of drug-likeness (QED) is 0.902. The maximum absolute atomic E-state index is 12.2. The lowest BCUT2D eigenvalue weighted by Crippen LogP contribution is -2.34. The lowest BCUT2D eigenvalue weighted by molar-refractivity contribution is 0.0940. The lowest BCUT2D eigenvalue weighted by Gasteiger charge is -2.15. The second kappa shape index (κ2) is 6.53. The van der Waals surface area contributed by atoms with Crippen LogP contribution in [0.3, 0.4) is 0 Å². The monoisotopic (exact) mass is 359 g/mol. The minimum atomic E-state index is -0.0432. The van der Waals surface area contributed by atoms with E-state index < -0.39 is 0 Å². The molecule has 4 heteroatoms. The Morgan fingerprint density at radius 3 is 3.00 bits per heavy atom. The van der Waals surface area contributed by atoms with Crippen molar-refractivity contribution in [3.05, 3.63) is 63.6 Å². The van der Waals surface area contributed by atoms with Gasteiger partial charge in [-0.2, -0.15) is 0 Å². The summed E-state index contributed by atoms with van der Waals surface area (Å²) in [5.41, 5.74) is 3.16. The zero-order valence-corrected chi connectivity index (χ0v) is 14.0. The first-order valence-electron chi connectivity index (χ1n) is 7.43. The number of halogens is 1. The number of fused-ring (bicyclic) bond motifs is 1. The van der Waals surface area contributed by atoms with Crippen LogP contribution < -0.4 is 10.1 Å². The van der Waals surface area contributed by atoms with Crippen LogP contribution in [0.4, 0.5) is 0 Å². The molecule has 0 saturated carbocycles. The molecule has 3 nitrogen and oxygen atoms in total. The summed E-state index contributed by atoms with van der Waals surface area (Å²) in [4.78, 5) is 12.2. The molecule has 1 amide bonds. The number of ether oxygens (including phenoxy) is 1. The minimum Gasteiger partial charge on any atom is -0.493 e. The van der Waals surface area contributed by atoms with Crippen molar-refractivity contribution < 1.29 is 9.53 Å². The van der Waals surface area contributed by atoms with Crippen LogP contribution in [0.1, 0.15) is 28.4 Å². The second-order valence-corrected chi connectivity index (χ2v) is 6.55. The highest BCUT2D eigenvalue weighted by Gasteiger charge is 2.14. The zero-order valence-electron chi connectivity index (χ0n) is 12.4. The molecule has 1 N–H and O–H groups in total. The van der Waals surface area contributed by atoms with Gasteiger partial charge >= 0.3 is 0 Å². The Hall–Kier alpha value is -1.81. The second-order valence-electron chi connectivity index (χ2n) is 5.63. The SMILES string of the molecule is C[C@@H](Cc1ccc2c(c1)CCO2)NC(=O)c1cccc(Br)c1. The molecule has 0 bridgehead atoms. The van der Waals surface area contributed by atoms with Crippen LogP contribution in [-0.4, -0.2) is 18.6 Å². The van der Waals surface area contributed by atoms with Crippen molar-refractivity contribution in [3.8, 4) is 5.75 Å². The highest BCUT2D eigenvalue weighted by atomic mass is 79.9. The molecule has 0 spiro atoms. The molecule has 2 aromatic carbocycles. The summed E-state index contributed by atoms with van der Waals surface area (Å²) < 4.78 is 6.43. The third-order valence-corrected chi connectivity index (χ3v) is 4.25. The van der Waals surface area contributed by atoms with Crippen molar-refractivity contribution in [3.63, 3.8) is 0 Å². The Kier molecular flexibility index (Phi) is 4.48. The van der Waals surface area contributed by atoms with E-state index in [0.717, 1.165) is 29.7 Å². The maximum Gasteiger partial charge on any atom is 0.251 e. The molecule has 0 aromatic heterocycles. The van der Waals surface area contributed by atoms with E-state index in [4.69, 9.17) is 4.74 Å². The zero-order chi connectivity index (χ0) is 15.5. The molecule has 22 heavy (non-hydrogen) atoms. The van der Waals surface area contributed by atoms with E-state index in [1.54, 1.807) is 0 Å². The van der Waals surface area contributed by atoms with Crippen LogP contribution in [-0.2, 0) is 12.8 Å². The smallest absolute Gasteiger partial charge is 0.251 e. The number of carbonyl (C=O) groups is 1. The van der Waals surface area contributed by atoms with Crippen molar-refractivity contribution in [2.75, 3.05) is 6.61 Å². The number of hydrogen-bond donors (Lipinski definition) is 1. The van der Waals surface area contributed by atoms with E-state index in [0.29, 0.717) is 5.56 Å². The van der Waals surface area contributed by atoms with E-state index >= 15 is 0 Å². The van der Waals surface area contributed by atoms with Crippen molar-refractivity contribution in [2.45, 2.75) is 25.8 Å². The molecule has 2 aromatic rings. The van der Waals surface area contributed by atoms with Crippen molar-refractivity contribution in [1.29, 1.82) is 0 Å². The molecule has 1 atom stereocenters. The van der Waals surface area contributed by atoms with Crippen LogP contribution >= 0.6 is 15.9 Å². The standard InChI is InChI=1S/C18H18BrNO2/c1-12(20-18(21)15-3-2-4-16(19)11-15)9-13-5-6-17-14(10-13)7-8-22-17/h2-6,10-12H,7-9H2,1H3,(H,20,21)/t12-/m0/s1. The van der Waals surface area contributed by atoms with Gasteiger partial charge in [-0.05, 0) is 48.7 Å². The van der Waals surface area contributed by atoms with Crippen LogP contribution in [0.25, 0.3) is 0 Å². The molecule has 0 radical (unpaired) electrons. The Morgan fingerprint density at radius 2 is 2.18 bits per heavy atom. The van der Waals surface area contributed by atoms with E-state index in [2.05, 4.69) is 33.4 Å². The number of benzene rings is 2. The molecule has 0 unspecified atom stereocenters. The summed E-state index contributed by atoms with van der Waals surface area (Å²) in [7, 11) is 0. The molecular formula is C18H18BrNO2. The first kappa shape index (κ1) is 15.1. The van der Waals surface area contributed by atoms with Crippen LogP contribution in [0, 0.1) is 0 Å². The van der Waals surface area contributed by atoms with Gasteiger partial charge in [0.25, 0.3) is 5.91 Å². The van der Waals surface area contributed by atoms with E-state index in [9.17, 15) is 4.79 Å². The Balaban J connectivity index is 1.62. The summed E-state index contributed by atoms with van der Waals surface area (Å²) in [5, 5.41) is 3.05. The lowest BCUT2D eigenvalue weighted by atomic mass is 10.0. The van der Waals surface area contributed by atoms with Crippen LogP contribution in [0.15, 0.2) is 46.9 Å². The summed E-state index contributed by atoms with van der Waals surface area (Å²) in [6, 6.07) is 13.8. The summed E-state index contributed by atoms with van der Waals surface area (Å²) >= 11 is 3.39. The summed E-state index contributed by atoms with van der Waals surface area (Å²) in [6.07, 6.45) is 1.79. The normalized spacial score (nSPS) is 14.1. The number of rotatable bonds is 4. The number of nitrogens with one attached hydrogen (secondary N) is 1. The number of carbonyl (C=O) groups excluding carboxylic acids is 1. The fourth-order valence-corrected chi connectivity index (χ4v) is 3.11. The first-order chi connectivity index (χ1) is 10.6. The van der Waals surface area contributed by atoms with Crippen molar-refractivity contribution in [2.24, 2.45) is 0 Å². The molecule has 1 aliphatic rings. The van der Waals surface area contributed by atoms with Gasteiger partial charge in [-0.1, -0.05) is 34.1 Å². The van der Waals surface area contributed by atoms with E-state index in [1.165, 1.54) is 11.1 Å². The third kappa shape index (κ3) is 3.50. The molecule has 1 aliphatic heterocycles. The van der Waals surface area contributed by atoms with Gasteiger partial charge in [0.2, 0.25) is 0 Å². The molecule has 3 rings (SSSR count). The Morgan fingerprint density at radius 1 is 1.32 bits per heavy atom. The molecule has 0 saturated heterocycles. The van der Waals surface area contributed by atoms with Crippen LogP contribution in [0.5, 0.6) is 5.75 Å². The molecular weight excluding hydrogens is 342 g/mol. The van der Waals surface area contributed by atoms with Crippen LogP contribution in [0.2, 0.25) is 0 Å². The van der Waals surface area contributed by atoms with Gasteiger partial charge in [-0.15, -0.1) is 0 Å². The number of hydrogen-bond acceptors (Lipinski definition) is 2. The van der Waals surface area contributed by atoms with E-state index in [-0.39, 0.29) is 11.9 Å².